The molecule has 15 heavy (non-hydrogen) atoms. The number of fused-ring (bicyclic) bond motifs is 1. The van der Waals surface area contributed by atoms with Gasteiger partial charge in [-0.2, -0.15) is 0 Å². The van der Waals surface area contributed by atoms with Crippen LogP contribution in [0.2, 0.25) is 0 Å². The first-order valence-corrected chi connectivity index (χ1v) is 4.97. The van der Waals surface area contributed by atoms with Crippen LogP contribution in [0.3, 0.4) is 0 Å². The molecule has 1 aromatic carbocycles. The van der Waals surface area contributed by atoms with Crippen LogP contribution in [0, 0.1) is 13.8 Å². The van der Waals surface area contributed by atoms with Crippen LogP contribution in [0.5, 0.6) is 0 Å². The number of hydrogen-bond donors (Lipinski definition) is 0. The quantitative estimate of drug-likeness (QED) is 0.650. The molecule has 0 saturated carbocycles. The SMILES string of the molecule is C.CC.Cc1nc2ccccc2nc1C. The van der Waals surface area contributed by atoms with E-state index in [0.717, 1.165) is 22.4 Å². The Balaban J connectivity index is 0.000000617. The lowest BCUT2D eigenvalue weighted by Crippen LogP contribution is -1.92. The average Bonchev–Trinajstić information content (AvgIpc) is 2.23. The molecule has 0 bridgehead atoms. The van der Waals surface area contributed by atoms with Crippen LogP contribution < -0.4 is 0 Å². The summed E-state index contributed by atoms with van der Waals surface area (Å²) in [5.74, 6) is 0. The van der Waals surface area contributed by atoms with Gasteiger partial charge >= 0.3 is 0 Å². The minimum Gasteiger partial charge on any atom is -0.250 e. The second-order valence-electron chi connectivity index (χ2n) is 2.88. The van der Waals surface area contributed by atoms with Crippen molar-refractivity contribution in [2.24, 2.45) is 0 Å². The second-order valence-corrected chi connectivity index (χ2v) is 2.88. The van der Waals surface area contributed by atoms with E-state index in [-0.39, 0.29) is 7.43 Å². The summed E-state index contributed by atoms with van der Waals surface area (Å²) in [6.07, 6.45) is 0. The van der Waals surface area contributed by atoms with Crippen molar-refractivity contribution in [2.45, 2.75) is 35.1 Å². The van der Waals surface area contributed by atoms with E-state index in [1.807, 2.05) is 52.0 Å². The number of benzene rings is 1. The summed E-state index contributed by atoms with van der Waals surface area (Å²) in [6, 6.07) is 7.92. The van der Waals surface area contributed by atoms with Gasteiger partial charge in [0.05, 0.1) is 22.4 Å². The zero-order chi connectivity index (χ0) is 10.6. The van der Waals surface area contributed by atoms with Gasteiger partial charge in [-0.3, -0.25) is 0 Å². The zero-order valence-electron chi connectivity index (χ0n) is 9.20. The van der Waals surface area contributed by atoms with Crippen molar-refractivity contribution in [3.63, 3.8) is 0 Å². The molecule has 0 N–H and O–H groups in total. The molecule has 0 aliphatic carbocycles. The van der Waals surface area contributed by atoms with E-state index in [1.54, 1.807) is 0 Å². The number of aromatic nitrogens is 2. The zero-order valence-corrected chi connectivity index (χ0v) is 9.20. The largest absolute Gasteiger partial charge is 0.250 e. The Kier molecular flexibility index (Phi) is 5.53. The minimum absolute atomic E-state index is 0. The molecule has 1 aromatic heterocycles. The highest BCUT2D eigenvalue weighted by Gasteiger charge is 1.98. The van der Waals surface area contributed by atoms with Gasteiger partial charge in [-0.1, -0.05) is 33.4 Å². The van der Waals surface area contributed by atoms with E-state index in [0.29, 0.717) is 0 Å². The van der Waals surface area contributed by atoms with Gasteiger partial charge in [-0.15, -0.1) is 0 Å². The normalized spacial score (nSPS) is 8.80. The smallest absolute Gasteiger partial charge is 0.0890 e. The summed E-state index contributed by atoms with van der Waals surface area (Å²) in [4.78, 5) is 8.83. The van der Waals surface area contributed by atoms with E-state index in [1.165, 1.54) is 0 Å². The van der Waals surface area contributed by atoms with Crippen molar-refractivity contribution in [3.05, 3.63) is 35.7 Å². The number of nitrogens with zero attached hydrogens (tertiary/aromatic N) is 2. The molecule has 0 fully saturated rings. The third kappa shape index (κ3) is 3.01. The van der Waals surface area contributed by atoms with Crippen molar-refractivity contribution in [1.29, 1.82) is 0 Å². The Morgan fingerprint density at radius 3 is 1.47 bits per heavy atom. The van der Waals surface area contributed by atoms with Crippen LogP contribution in [0.25, 0.3) is 11.0 Å². The third-order valence-corrected chi connectivity index (χ3v) is 1.98. The van der Waals surface area contributed by atoms with Gasteiger partial charge in [-0.25, -0.2) is 9.97 Å². The molecule has 0 atom stereocenters. The van der Waals surface area contributed by atoms with E-state index in [4.69, 9.17) is 0 Å². The van der Waals surface area contributed by atoms with Crippen molar-refractivity contribution in [2.75, 3.05) is 0 Å². The van der Waals surface area contributed by atoms with Gasteiger partial charge in [0.25, 0.3) is 0 Å². The van der Waals surface area contributed by atoms with Crippen LogP contribution in [0.15, 0.2) is 24.3 Å². The highest BCUT2D eigenvalue weighted by atomic mass is 14.8. The molecule has 2 heteroatoms. The van der Waals surface area contributed by atoms with Crippen LogP contribution in [0.4, 0.5) is 0 Å². The standard InChI is InChI=1S/C10H10N2.C2H6.CH4/c1-7-8(2)12-10-6-4-3-5-9(10)11-7;1-2;/h3-6H,1-2H3;1-2H3;1H4. The van der Waals surface area contributed by atoms with Gasteiger partial charge in [0.2, 0.25) is 0 Å². The Morgan fingerprint density at radius 1 is 0.800 bits per heavy atom. The molecule has 0 radical (unpaired) electrons. The predicted molar refractivity (Wildman–Crippen MR) is 67.1 cm³/mol. The maximum atomic E-state index is 4.41. The number of rotatable bonds is 0. The topological polar surface area (TPSA) is 25.8 Å². The number of hydrogen-bond acceptors (Lipinski definition) is 2. The summed E-state index contributed by atoms with van der Waals surface area (Å²) in [5, 5.41) is 0. The van der Waals surface area contributed by atoms with Crippen LogP contribution in [-0.2, 0) is 0 Å². The van der Waals surface area contributed by atoms with Gasteiger partial charge in [-0.05, 0) is 26.0 Å². The summed E-state index contributed by atoms with van der Waals surface area (Å²) in [7, 11) is 0. The number of aryl methyl sites for hydroxylation is 2. The Labute approximate surface area is 92.4 Å². The van der Waals surface area contributed by atoms with E-state index < -0.39 is 0 Å². The predicted octanol–water partition coefficient (Wildman–Crippen LogP) is 3.91. The minimum atomic E-state index is 0. The lowest BCUT2D eigenvalue weighted by atomic mass is 10.2. The summed E-state index contributed by atoms with van der Waals surface area (Å²) in [6.45, 7) is 7.96. The monoisotopic (exact) mass is 204 g/mol. The molecule has 0 unspecified atom stereocenters. The maximum Gasteiger partial charge on any atom is 0.0890 e. The number of para-hydroxylation sites is 2. The Hall–Kier alpha value is -1.44. The highest BCUT2D eigenvalue weighted by Crippen LogP contribution is 2.10. The van der Waals surface area contributed by atoms with Crippen molar-refractivity contribution >= 4 is 11.0 Å². The second kappa shape index (κ2) is 6.12. The molecule has 2 nitrogen and oxygen atoms in total. The molecular weight excluding hydrogens is 184 g/mol. The highest BCUT2D eigenvalue weighted by molar-refractivity contribution is 5.74. The van der Waals surface area contributed by atoms with Crippen molar-refractivity contribution in [3.8, 4) is 0 Å². The van der Waals surface area contributed by atoms with Gasteiger partial charge in [0.15, 0.2) is 0 Å². The first kappa shape index (κ1) is 13.6. The lowest BCUT2D eigenvalue weighted by molar-refractivity contribution is 1.10. The first-order valence-electron chi connectivity index (χ1n) is 4.97. The first-order chi connectivity index (χ1) is 6.77. The van der Waals surface area contributed by atoms with E-state index in [9.17, 15) is 0 Å². The van der Waals surface area contributed by atoms with Gasteiger partial charge in [0.1, 0.15) is 0 Å². The molecule has 2 aromatic rings. The molecule has 82 valence electrons. The molecule has 0 amide bonds. The molecule has 1 heterocycles. The fourth-order valence-corrected chi connectivity index (χ4v) is 1.18. The molecule has 0 spiro atoms. The van der Waals surface area contributed by atoms with Crippen molar-refractivity contribution < 1.29 is 0 Å². The fraction of sp³-hybridized carbons (Fsp3) is 0.385. The van der Waals surface area contributed by atoms with E-state index >= 15 is 0 Å². The Bertz CT molecular complexity index is 381. The van der Waals surface area contributed by atoms with Gasteiger partial charge < -0.3 is 0 Å². The Morgan fingerprint density at radius 2 is 1.13 bits per heavy atom. The third-order valence-electron chi connectivity index (χ3n) is 1.98. The molecule has 0 saturated heterocycles. The molecule has 2 rings (SSSR count). The average molecular weight is 204 g/mol. The summed E-state index contributed by atoms with van der Waals surface area (Å²) in [5.41, 5.74) is 3.96. The fourth-order valence-electron chi connectivity index (χ4n) is 1.18. The summed E-state index contributed by atoms with van der Waals surface area (Å²) < 4.78 is 0. The van der Waals surface area contributed by atoms with Crippen LogP contribution in [0.1, 0.15) is 32.7 Å². The maximum absolute atomic E-state index is 4.41. The molecule has 0 aliphatic heterocycles. The van der Waals surface area contributed by atoms with Crippen LogP contribution >= 0.6 is 0 Å². The lowest BCUT2D eigenvalue weighted by Gasteiger charge is -2.00. The molecular formula is C13H20N2. The van der Waals surface area contributed by atoms with Gasteiger partial charge in [0, 0.05) is 0 Å². The van der Waals surface area contributed by atoms with E-state index in [2.05, 4.69) is 9.97 Å². The van der Waals surface area contributed by atoms with Crippen molar-refractivity contribution in [1.82, 2.24) is 9.97 Å². The van der Waals surface area contributed by atoms with Crippen LogP contribution in [-0.4, -0.2) is 9.97 Å². The molecule has 0 aliphatic rings. The summed E-state index contributed by atoms with van der Waals surface area (Å²) >= 11 is 0.